The molecule has 15 aromatic rings. The Labute approximate surface area is 568 Å². The third-order valence-electron chi connectivity index (χ3n) is 17.6. The van der Waals surface area contributed by atoms with Crippen LogP contribution in [0.4, 0.5) is 0 Å². The van der Waals surface area contributed by atoms with E-state index in [1.807, 2.05) is 18.2 Å². The lowest BCUT2D eigenvalue weighted by Gasteiger charge is -2.09. The van der Waals surface area contributed by atoms with Crippen LogP contribution in [0.25, 0.3) is 111 Å². The van der Waals surface area contributed by atoms with Crippen molar-refractivity contribution in [3.63, 3.8) is 0 Å². The summed E-state index contributed by atoms with van der Waals surface area (Å²) in [5.41, 5.74) is 37.0. The molecule has 0 aliphatic carbocycles. The van der Waals surface area contributed by atoms with Gasteiger partial charge in [-0.25, -0.2) is 24.9 Å². The molecule has 0 saturated carbocycles. The molecule has 0 aliphatic rings. The number of benzene rings is 10. The van der Waals surface area contributed by atoms with E-state index < -0.39 is 0 Å². The fourth-order valence-electron chi connectivity index (χ4n) is 12.8. The van der Waals surface area contributed by atoms with E-state index in [4.69, 9.17) is 24.9 Å². The summed E-state index contributed by atoms with van der Waals surface area (Å²) in [6, 6.07) is 83.7. The van der Waals surface area contributed by atoms with E-state index >= 15 is 0 Å². The first kappa shape index (κ1) is 66.7. The standard InChI is InChI=1S/2C19H19N.2C18H17N.C17H15N/c1-12-5-6-18-17(10-12)15(4)11-19(20-18)16-8-13(2)7-14(3)9-16;1-12-5-6-17-15(4)11-18(20-19(17)10-12)16-8-13(2)7-14(3)9-16;1-12-5-4-6-15(9-12)18-11-14(3)16-10-13(2)7-8-17(16)19-18;1-12-5-4-6-15(9-12)17-11-14(3)16-8-7-13(2)10-18(16)19-17;1-12-8-9-15-13(2)11-16(18-17(15)10-12)14-6-4-3-5-7-14/h2*5-11H,1-4H3;2*4-11H,1-3H3;3-11H,1-2H3. The molecule has 5 nitrogen and oxygen atoms in total. The van der Waals surface area contributed by atoms with E-state index in [-0.39, 0.29) is 0 Å². The van der Waals surface area contributed by atoms with Crippen LogP contribution < -0.4 is 0 Å². The number of aryl methyl sites for hydroxylation is 16. The van der Waals surface area contributed by atoms with Crippen LogP contribution in [-0.4, -0.2) is 24.9 Å². The Morgan fingerprint density at radius 1 is 0.156 bits per heavy atom. The second-order valence-corrected chi connectivity index (χ2v) is 26.6. The number of pyridine rings is 5. The van der Waals surface area contributed by atoms with Crippen LogP contribution in [0.2, 0.25) is 0 Å². The number of hydrogen-bond acceptors (Lipinski definition) is 5. The molecule has 0 N–H and O–H groups in total. The molecule has 0 fully saturated rings. The molecule has 0 radical (unpaired) electrons. The van der Waals surface area contributed by atoms with E-state index in [0.717, 1.165) is 56.1 Å². The van der Waals surface area contributed by atoms with Crippen molar-refractivity contribution in [3.05, 3.63) is 326 Å². The van der Waals surface area contributed by atoms with E-state index in [9.17, 15) is 0 Å². The second kappa shape index (κ2) is 29.3. The van der Waals surface area contributed by atoms with Gasteiger partial charge < -0.3 is 0 Å². The van der Waals surface area contributed by atoms with Crippen molar-refractivity contribution in [1.82, 2.24) is 24.9 Å². The second-order valence-electron chi connectivity index (χ2n) is 26.6. The summed E-state index contributed by atoms with van der Waals surface area (Å²) in [6.45, 7) is 34.1. The predicted octanol–water partition coefficient (Wildman–Crippen LogP) is 24.4. The van der Waals surface area contributed by atoms with Crippen LogP contribution in [0.15, 0.2) is 237 Å². The minimum atomic E-state index is 1.05. The minimum Gasteiger partial charge on any atom is -0.248 e. The predicted molar refractivity (Wildman–Crippen MR) is 412 cm³/mol. The third kappa shape index (κ3) is 16.2. The SMILES string of the molecule is Cc1cc(C)cc(-c2cc(C)c3cc(C)ccc3n2)c1.Cc1cc(C)cc(-c2cc(C)c3ccc(C)cc3n2)c1.Cc1ccc2c(C)cc(-c3ccccc3)nc2c1.Cc1cccc(-c2cc(C)c3cc(C)ccc3n2)c1.Cc1cccc(-c2cc(C)c3ccc(C)cc3n2)c1. The first-order valence-electron chi connectivity index (χ1n) is 33.3. The Morgan fingerprint density at radius 3 is 0.760 bits per heavy atom. The molecule has 5 heterocycles. The van der Waals surface area contributed by atoms with Crippen molar-refractivity contribution >= 4 is 54.5 Å². The topological polar surface area (TPSA) is 64.5 Å². The molecule has 0 atom stereocenters. The van der Waals surface area contributed by atoms with Gasteiger partial charge in [-0.3, -0.25) is 0 Å². The van der Waals surface area contributed by atoms with Gasteiger partial charge >= 0.3 is 0 Å². The zero-order valence-corrected chi connectivity index (χ0v) is 58.8. The van der Waals surface area contributed by atoms with Crippen LogP contribution in [0.5, 0.6) is 0 Å². The van der Waals surface area contributed by atoms with E-state index in [2.05, 4.69) is 329 Å². The monoisotopic (exact) mass is 1250 g/mol. The fraction of sp³-hybridized carbons (Fsp3) is 0.176. The zero-order chi connectivity index (χ0) is 67.9. The highest BCUT2D eigenvalue weighted by Gasteiger charge is 2.12. The fourth-order valence-corrected chi connectivity index (χ4v) is 12.8. The summed E-state index contributed by atoms with van der Waals surface area (Å²) in [6.07, 6.45) is 0. The van der Waals surface area contributed by atoms with Crippen LogP contribution in [0.1, 0.15) is 89.0 Å². The Hall–Kier alpha value is -10.8. The molecule has 0 spiro atoms. The quantitative estimate of drug-likeness (QED) is 0.172. The Bertz CT molecular complexity index is 5330. The van der Waals surface area contributed by atoms with Gasteiger partial charge in [-0.15, -0.1) is 0 Å². The molecule has 15 rings (SSSR count). The van der Waals surface area contributed by atoms with E-state index in [1.165, 1.54) is 144 Å². The van der Waals surface area contributed by atoms with Gasteiger partial charge in [-0.2, -0.15) is 0 Å². The molecule has 0 saturated heterocycles. The number of nitrogens with zero attached hydrogens (tertiary/aromatic N) is 5. The van der Waals surface area contributed by atoms with Crippen molar-refractivity contribution in [3.8, 4) is 56.3 Å². The van der Waals surface area contributed by atoms with Gasteiger partial charge in [0.05, 0.1) is 56.1 Å². The molecule has 0 unspecified atom stereocenters. The van der Waals surface area contributed by atoms with Crippen molar-refractivity contribution in [2.75, 3.05) is 0 Å². The molecule has 5 heteroatoms. The van der Waals surface area contributed by atoms with E-state index in [0.29, 0.717) is 0 Å². The average Bonchev–Trinajstić information content (AvgIpc) is 0.838. The Balaban J connectivity index is 0.000000122. The summed E-state index contributed by atoms with van der Waals surface area (Å²) in [7, 11) is 0. The lowest BCUT2D eigenvalue weighted by molar-refractivity contribution is 1.32. The van der Waals surface area contributed by atoms with Gasteiger partial charge in [0.1, 0.15) is 0 Å². The summed E-state index contributed by atoms with van der Waals surface area (Å²) >= 11 is 0. The van der Waals surface area contributed by atoms with Crippen LogP contribution in [0.3, 0.4) is 0 Å². The van der Waals surface area contributed by atoms with E-state index in [1.54, 1.807) is 0 Å². The van der Waals surface area contributed by atoms with Gasteiger partial charge in [-0.05, 0) is 264 Å². The maximum Gasteiger partial charge on any atom is 0.0714 e. The van der Waals surface area contributed by atoms with Crippen molar-refractivity contribution in [2.45, 2.75) is 111 Å². The summed E-state index contributed by atoms with van der Waals surface area (Å²) in [5.74, 6) is 0. The van der Waals surface area contributed by atoms with Crippen molar-refractivity contribution in [1.29, 1.82) is 0 Å². The maximum absolute atomic E-state index is 4.85. The number of fused-ring (bicyclic) bond motifs is 5. The van der Waals surface area contributed by atoms with Crippen LogP contribution in [0, 0.1) is 111 Å². The largest absolute Gasteiger partial charge is 0.248 e. The Morgan fingerprint density at radius 2 is 0.417 bits per heavy atom. The average molecular weight is 1250 g/mol. The molecule has 0 aliphatic heterocycles. The van der Waals surface area contributed by atoms with Gasteiger partial charge in [-0.1, -0.05) is 172 Å². The molecule has 5 aromatic heterocycles. The number of aromatic nitrogens is 5. The normalized spacial score (nSPS) is 10.9. The zero-order valence-electron chi connectivity index (χ0n) is 58.8. The molecule has 0 bridgehead atoms. The molecule has 96 heavy (non-hydrogen) atoms. The van der Waals surface area contributed by atoms with Crippen molar-refractivity contribution < 1.29 is 0 Å². The summed E-state index contributed by atoms with van der Waals surface area (Å²) in [5, 5.41) is 6.21. The smallest absolute Gasteiger partial charge is 0.0714 e. The molecule has 10 aromatic carbocycles. The Kier molecular flexibility index (Phi) is 20.3. The minimum absolute atomic E-state index is 1.05. The molecule has 0 amide bonds. The van der Waals surface area contributed by atoms with Crippen LogP contribution >= 0.6 is 0 Å². The van der Waals surface area contributed by atoms with Gasteiger partial charge in [0.2, 0.25) is 0 Å². The lowest BCUT2D eigenvalue weighted by atomic mass is 10.0. The van der Waals surface area contributed by atoms with Gasteiger partial charge in [0, 0.05) is 54.7 Å². The van der Waals surface area contributed by atoms with Gasteiger partial charge in [0.25, 0.3) is 0 Å². The van der Waals surface area contributed by atoms with Crippen LogP contribution in [-0.2, 0) is 0 Å². The molecular weight excluding hydrogens is 1160 g/mol. The molecular formula is C91H87N5. The van der Waals surface area contributed by atoms with Gasteiger partial charge in [0.15, 0.2) is 0 Å². The highest BCUT2D eigenvalue weighted by atomic mass is 14.7. The number of hydrogen-bond donors (Lipinski definition) is 0. The summed E-state index contributed by atoms with van der Waals surface area (Å²) in [4.78, 5) is 24.0. The highest BCUT2D eigenvalue weighted by molar-refractivity contribution is 5.90. The maximum atomic E-state index is 4.85. The van der Waals surface area contributed by atoms with Crippen molar-refractivity contribution in [2.24, 2.45) is 0 Å². The third-order valence-corrected chi connectivity index (χ3v) is 17.6. The first-order chi connectivity index (χ1) is 46.0. The lowest BCUT2D eigenvalue weighted by Crippen LogP contribution is -1.91. The molecule has 476 valence electrons. The highest BCUT2D eigenvalue weighted by Crippen LogP contribution is 2.32. The number of rotatable bonds is 5. The first-order valence-corrected chi connectivity index (χ1v) is 33.3. The summed E-state index contributed by atoms with van der Waals surface area (Å²) < 4.78 is 0.